The number of aromatic nitrogens is 2. The molecule has 1 aromatic rings. The highest BCUT2D eigenvalue weighted by atomic mass is 32.2. The summed E-state index contributed by atoms with van der Waals surface area (Å²) < 4.78 is 53.3. The number of rotatable bonds is 6. The second-order valence-corrected chi connectivity index (χ2v) is 7.18. The molecule has 1 heterocycles. The molecule has 3 N–H and O–H groups in total. The molecule has 1 aromatic heterocycles. The highest BCUT2D eigenvalue weighted by Gasteiger charge is 2.23. The maximum Gasteiger partial charge on any atom is 0.306 e. The van der Waals surface area contributed by atoms with Crippen molar-refractivity contribution in [2.45, 2.75) is 11.3 Å². The zero-order chi connectivity index (χ0) is 15.6. The van der Waals surface area contributed by atoms with Gasteiger partial charge in [0.2, 0.25) is 20.0 Å². The number of nitrogens with zero attached hydrogens (tertiary/aromatic N) is 2. The number of carbonyl (C=O) groups is 1. The third-order valence-electron chi connectivity index (χ3n) is 2.16. The summed E-state index contributed by atoms with van der Waals surface area (Å²) in [6.45, 7) is 0. The van der Waals surface area contributed by atoms with E-state index in [1.54, 1.807) is 0 Å². The Bertz CT molecular complexity index is 705. The Morgan fingerprint density at radius 2 is 2.05 bits per heavy atom. The summed E-state index contributed by atoms with van der Waals surface area (Å²) in [5, 5.41) is 8.60. The fraction of sp³-hybridized carbons (Fsp3) is 0.500. The quantitative estimate of drug-likeness (QED) is 0.596. The summed E-state index contributed by atoms with van der Waals surface area (Å²) >= 11 is 0. The Balaban J connectivity index is 2.96. The maximum atomic E-state index is 11.7. The fourth-order valence-corrected chi connectivity index (χ4v) is 2.97. The average Bonchev–Trinajstić information content (AvgIpc) is 2.66. The first-order valence-electron chi connectivity index (χ1n) is 5.19. The number of hydrogen-bond donors (Lipinski definition) is 2. The second kappa shape index (κ2) is 5.76. The highest BCUT2D eigenvalue weighted by Crippen LogP contribution is 2.18. The number of ether oxygens (including phenoxy) is 1. The van der Waals surface area contributed by atoms with Crippen molar-refractivity contribution in [3.8, 4) is 0 Å². The Hall–Kier alpha value is -1.66. The molecule has 0 aliphatic heterocycles. The average molecular weight is 326 g/mol. The summed E-state index contributed by atoms with van der Waals surface area (Å²) in [7, 11) is -5.55. The standard InChI is InChI=1S/C8H14N4O6S2/c1-12-5-6(20(9,16)17)8(10-12)11-19(14,15)4-3-7(13)18-2/h5H,3-4H2,1-2H3,(H,10,11)(H2,9,16,17). The van der Waals surface area contributed by atoms with E-state index >= 15 is 0 Å². The van der Waals surface area contributed by atoms with E-state index in [0.29, 0.717) is 0 Å². The van der Waals surface area contributed by atoms with Crippen molar-refractivity contribution < 1.29 is 26.4 Å². The van der Waals surface area contributed by atoms with E-state index < -0.39 is 42.5 Å². The molecule has 0 fully saturated rings. The first-order valence-corrected chi connectivity index (χ1v) is 8.39. The van der Waals surface area contributed by atoms with Crippen molar-refractivity contribution >= 4 is 31.8 Å². The smallest absolute Gasteiger partial charge is 0.306 e. The minimum Gasteiger partial charge on any atom is -0.469 e. The van der Waals surface area contributed by atoms with Crippen LogP contribution in [-0.4, -0.2) is 45.4 Å². The molecule has 0 amide bonds. The molecule has 10 nitrogen and oxygen atoms in total. The van der Waals surface area contributed by atoms with Gasteiger partial charge in [-0.05, 0) is 0 Å². The van der Waals surface area contributed by atoms with E-state index in [1.807, 2.05) is 4.72 Å². The van der Waals surface area contributed by atoms with Crippen LogP contribution < -0.4 is 9.86 Å². The molecule has 0 radical (unpaired) electrons. The van der Waals surface area contributed by atoms with Crippen LogP contribution in [0.4, 0.5) is 5.82 Å². The van der Waals surface area contributed by atoms with Gasteiger partial charge in [0, 0.05) is 13.2 Å². The van der Waals surface area contributed by atoms with Crippen molar-refractivity contribution in [1.82, 2.24) is 9.78 Å². The first kappa shape index (κ1) is 16.4. The van der Waals surface area contributed by atoms with Crippen LogP contribution in [0.2, 0.25) is 0 Å². The van der Waals surface area contributed by atoms with Gasteiger partial charge in [-0.25, -0.2) is 22.0 Å². The van der Waals surface area contributed by atoms with Gasteiger partial charge in [0.1, 0.15) is 4.90 Å². The largest absolute Gasteiger partial charge is 0.469 e. The van der Waals surface area contributed by atoms with Gasteiger partial charge in [0.05, 0.1) is 19.3 Å². The van der Waals surface area contributed by atoms with E-state index in [9.17, 15) is 21.6 Å². The predicted octanol–water partition coefficient (Wildman–Crippen LogP) is -1.63. The van der Waals surface area contributed by atoms with Crippen LogP contribution in [0.3, 0.4) is 0 Å². The molecule has 0 spiro atoms. The van der Waals surface area contributed by atoms with Crippen LogP contribution in [0.15, 0.2) is 11.1 Å². The van der Waals surface area contributed by atoms with Gasteiger partial charge in [0.25, 0.3) is 0 Å². The number of sulfonamides is 2. The molecule has 0 atom stereocenters. The Labute approximate surface area is 116 Å². The summed E-state index contributed by atoms with van der Waals surface area (Å²) in [6, 6.07) is 0. The van der Waals surface area contributed by atoms with Gasteiger partial charge in [-0.2, -0.15) is 5.10 Å². The van der Waals surface area contributed by atoms with Crippen molar-refractivity contribution in [2.24, 2.45) is 12.2 Å². The lowest BCUT2D eigenvalue weighted by Crippen LogP contribution is -2.22. The zero-order valence-electron chi connectivity index (χ0n) is 10.7. The maximum absolute atomic E-state index is 11.7. The van der Waals surface area contributed by atoms with Gasteiger partial charge >= 0.3 is 5.97 Å². The Morgan fingerprint density at radius 3 is 2.55 bits per heavy atom. The lowest BCUT2D eigenvalue weighted by Gasteiger charge is -2.06. The lowest BCUT2D eigenvalue weighted by molar-refractivity contribution is -0.140. The first-order chi connectivity index (χ1) is 9.05. The summed E-state index contributed by atoms with van der Waals surface area (Å²) in [4.78, 5) is 10.4. The van der Waals surface area contributed by atoms with E-state index in [2.05, 4.69) is 9.84 Å². The molecule has 0 saturated heterocycles. The minimum atomic E-state index is -4.12. The number of methoxy groups -OCH3 is 1. The highest BCUT2D eigenvalue weighted by molar-refractivity contribution is 7.93. The monoisotopic (exact) mass is 326 g/mol. The third kappa shape index (κ3) is 4.47. The molecule has 0 aromatic carbocycles. The molecule has 0 unspecified atom stereocenters. The van der Waals surface area contributed by atoms with E-state index in [4.69, 9.17) is 5.14 Å². The minimum absolute atomic E-state index is 0.372. The Kier molecular flexibility index (Phi) is 4.73. The summed E-state index contributed by atoms with van der Waals surface area (Å²) in [6.07, 6.45) is 0.691. The third-order valence-corrected chi connectivity index (χ3v) is 4.31. The van der Waals surface area contributed by atoms with Gasteiger partial charge in [-0.3, -0.25) is 14.2 Å². The van der Waals surface area contributed by atoms with E-state index in [0.717, 1.165) is 18.0 Å². The van der Waals surface area contributed by atoms with E-state index in [1.165, 1.54) is 7.05 Å². The molecule has 0 aliphatic rings. The molecule has 114 valence electrons. The van der Waals surface area contributed by atoms with Gasteiger partial charge < -0.3 is 4.74 Å². The number of hydrogen-bond acceptors (Lipinski definition) is 7. The SMILES string of the molecule is COC(=O)CCS(=O)(=O)Nc1nn(C)cc1S(N)(=O)=O. The van der Waals surface area contributed by atoms with E-state index in [-0.39, 0.29) is 6.42 Å². The molecule has 12 heteroatoms. The van der Waals surface area contributed by atoms with Crippen LogP contribution in [0.5, 0.6) is 0 Å². The Morgan fingerprint density at radius 1 is 1.45 bits per heavy atom. The number of nitrogens with one attached hydrogen (secondary N) is 1. The van der Waals surface area contributed by atoms with Crippen LogP contribution in [0, 0.1) is 0 Å². The van der Waals surface area contributed by atoms with Gasteiger partial charge in [-0.15, -0.1) is 0 Å². The summed E-state index contributed by atoms with van der Waals surface area (Å²) in [5.41, 5.74) is 0. The lowest BCUT2D eigenvalue weighted by atomic mass is 10.5. The number of primary sulfonamides is 1. The molecule has 0 bridgehead atoms. The summed E-state index contributed by atoms with van der Waals surface area (Å²) in [5.74, 6) is -1.69. The van der Waals surface area contributed by atoms with Crippen molar-refractivity contribution in [3.63, 3.8) is 0 Å². The molecule has 20 heavy (non-hydrogen) atoms. The van der Waals surface area contributed by atoms with Crippen LogP contribution in [0.25, 0.3) is 0 Å². The predicted molar refractivity (Wildman–Crippen MR) is 68.6 cm³/mol. The van der Waals surface area contributed by atoms with Gasteiger partial charge in [-0.1, -0.05) is 0 Å². The molecule has 0 saturated carbocycles. The van der Waals surface area contributed by atoms with Crippen LogP contribution in [-0.2, 0) is 36.6 Å². The number of nitrogens with two attached hydrogens (primary N) is 1. The molecular weight excluding hydrogens is 312 g/mol. The number of esters is 1. The normalized spacial score (nSPS) is 12.2. The molecular formula is C8H14N4O6S2. The molecule has 0 aliphatic carbocycles. The fourth-order valence-electron chi connectivity index (χ4n) is 1.26. The number of aryl methyl sites for hydroxylation is 1. The second-order valence-electron chi connectivity index (χ2n) is 3.81. The topological polar surface area (TPSA) is 150 Å². The van der Waals surface area contributed by atoms with Crippen molar-refractivity contribution in [2.75, 3.05) is 17.6 Å². The van der Waals surface area contributed by atoms with Crippen molar-refractivity contribution in [3.05, 3.63) is 6.20 Å². The van der Waals surface area contributed by atoms with Gasteiger partial charge in [0.15, 0.2) is 5.82 Å². The van der Waals surface area contributed by atoms with Crippen molar-refractivity contribution in [1.29, 1.82) is 0 Å². The molecule has 1 rings (SSSR count). The van der Waals surface area contributed by atoms with Crippen LogP contribution in [0.1, 0.15) is 6.42 Å². The van der Waals surface area contributed by atoms with Crippen LogP contribution >= 0.6 is 0 Å². The number of carbonyl (C=O) groups excluding carboxylic acids is 1. The zero-order valence-corrected chi connectivity index (χ0v) is 12.4. The number of anilines is 1.